The summed E-state index contributed by atoms with van der Waals surface area (Å²) >= 11 is 0. The van der Waals surface area contributed by atoms with Gasteiger partial charge >= 0.3 is 0 Å². The second kappa shape index (κ2) is 4.69. The van der Waals surface area contributed by atoms with Gasteiger partial charge in [0.15, 0.2) is 0 Å². The van der Waals surface area contributed by atoms with Gasteiger partial charge in [0.05, 0.1) is 5.92 Å². The van der Waals surface area contributed by atoms with Crippen LogP contribution in [0.15, 0.2) is 12.3 Å². The van der Waals surface area contributed by atoms with Gasteiger partial charge in [0.2, 0.25) is 5.91 Å². The number of rotatable bonds is 3. The van der Waals surface area contributed by atoms with Crippen LogP contribution in [0.4, 0.5) is 5.82 Å². The summed E-state index contributed by atoms with van der Waals surface area (Å²) in [6.45, 7) is 7.31. The number of carbonyl (C=O) groups excluding carboxylic acids is 1. The van der Waals surface area contributed by atoms with Gasteiger partial charge in [-0.1, -0.05) is 0 Å². The molecule has 1 saturated heterocycles. The van der Waals surface area contributed by atoms with Gasteiger partial charge in [0.25, 0.3) is 0 Å². The molecule has 0 atom stereocenters. The third-order valence-corrected chi connectivity index (χ3v) is 2.77. The lowest BCUT2D eigenvalue weighted by Gasteiger charge is -2.39. The molecule has 17 heavy (non-hydrogen) atoms. The molecule has 0 unspecified atom stereocenters. The van der Waals surface area contributed by atoms with Crippen molar-refractivity contribution in [1.82, 2.24) is 15.3 Å². The zero-order chi connectivity index (χ0) is 12.4. The van der Waals surface area contributed by atoms with Gasteiger partial charge in [-0.15, -0.1) is 0 Å². The van der Waals surface area contributed by atoms with E-state index in [0.29, 0.717) is 0 Å². The van der Waals surface area contributed by atoms with Crippen molar-refractivity contribution in [3.63, 3.8) is 0 Å². The minimum atomic E-state index is 0.0904. The van der Waals surface area contributed by atoms with Crippen molar-refractivity contribution in [2.24, 2.45) is 5.92 Å². The molecule has 0 radical (unpaired) electrons. The Morgan fingerprint density at radius 1 is 1.53 bits per heavy atom. The topological polar surface area (TPSA) is 58.1 Å². The van der Waals surface area contributed by atoms with E-state index in [1.165, 1.54) is 0 Å². The molecule has 1 aromatic heterocycles. The molecule has 1 N–H and O–H groups in total. The molecule has 1 aliphatic rings. The molecule has 0 spiro atoms. The van der Waals surface area contributed by atoms with Crippen LogP contribution in [0.3, 0.4) is 0 Å². The first-order valence-corrected chi connectivity index (χ1v) is 5.91. The van der Waals surface area contributed by atoms with Gasteiger partial charge in [-0.25, -0.2) is 9.97 Å². The Kier molecular flexibility index (Phi) is 3.26. The molecule has 92 valence electrons. The van der Waals surface area contributed by atoms with E-state index in [1.807, 2.05) is 26.8 Å². The molecular formula is C12H18N4O. The summed E-state index contributed by atoms with van der Waals surface area (Å²) in [6, 6.07) is 2.08. The van der Waals surface area contributed by atoms with Gasteiger partial charge in [0.1, 0.15) is 11.6 Å². The number of hydrogen-bond donors (Lipinski definition) is 1. The minimum Gasteiger partial charge on any atom is -0.355 e. The van der Waals surface area contributed by atoms with Crippen LogP contribution in [0, 0.1) is 12.8 Å². The Hall–Kier alpha value is -1.65. The SMILES string of the molecule is Cc1nccc(N2CC(C(=O)NC(C)C)C2)n1. The largest absolute Gasteiger partial charge is 0.355 e. The van der Waals surface area contributed by atoms with Crippen LogP contribution >= 0.6 is 0 Å². The summed E-state index contributed by atoms with van der Waals surface area (Å²) in [4.78, 5) is 22.2. The average molecular weight is 234 g/mol. The van der Waals surface area contributed by atoms with Crippen LogP contribution in [-0.2, 0) is 4.79 Å². The number of nitrogens with zero attached hydrogens (tertiary/aromatic N) is 3. The zero-order valence-corrected chi connectivity index (χ0v) is 10.5. The summed E-state index contributed by atoms with van der Waals surface area (Å²) in [6.07, 6.45) is 1.75. The van der Waals surface area contributed by atoms with Crippen molar-refractivity contribution >= 4 is 11.7 Å². The van der Waals surface area contributed by atoms with Gasteiger partial charge in [-0.2, -0.15) is 0 Å². The molecule has 5 nitrogen and oxygen atoms in total. The molecule has 1 aromatic rings. The van der Waals surface area contributed by atoms with Crippen molar-refractivity contribution in [2.45, 2.75) is 26.8 Å². The Morgan fingerprint density at radius 2 is 2.24 bits per heavy atom. The van der Waals surface area contributed by atoms with Crippen LogP contribution in [0.5, 0.6) is 0 Å². The van der Waals surface area contributed by atoms with Crippen molar-refractivity contribution in [1.29, 1.82) is 0 Å². The van der Waals surface area contributed by atoms with E-state index in [9.17, 15) is 4.79 Å². The maximum Gasteiger partial charge on any atom is 0.226 e. The van der Waals surface area contributed by atoms with Crippen LogP contribution in [0.2, 0.25) is 0 Å². The van der Waals surface area contributed by atoms with Crippen molar-refractivity contribution in [3.8, 4) is 0 Å². The van der Waals surface area contributed by atoms with Gasteiger partial charge in [0, 0.05) is 25.3 Å². The lowest BCUT2D eigenvalue weighted by molar-refractivity contribution is -0.126. The van der Waals surface area contributed by atoms with E-state index in [0.717, 1.165) is 24.7 Å². The van der Waals surface area contributed by atoms with Gasteiger partial charge in [-0.05, 0) is 26.8 Å². The first-order valence-electron chi connectivity index (χ1n) is 5.91. The highest BCUT2D eigenvalue weighted by Gasteiger charge is 2.33. The molecule has 0 aliphatic carbocycles. The molecule has 5 heteroatoms. The summed E-state index contributed by atoms with van der Waals surface area (Å²) in [7, 11) is 0. The molecule has 2 heterocycles. The first kappa shape index (κ1) is 11.8. The highest BCUT2D eigenvalue weighted by atomic mass is 16.2. The lowest BCUT2D eigenvalue weighted by atomic mass is 9.99. The number of amides is 1. The van der Waals surface area contributed by atoms with Crippen molar-refractivity contribution in [3.05, 3.63) is 18.1 Å². The molecule has 1 amide bonds. The summed E-state index contributed by atoms with van der Waals surface area (Å²) in [5, 5.41) is 2.93. The summed E-state index contributed by atoms with van der Waals surface area (Å²) in [5.41, 5.74) is 0. The second-order valence-electron chi connectivity index (χ2n) is 4.73. The summed E-state index contributed by atoms with van der Waals surface area (Å²) < 4.78 is 0. The Morgan fingerprint density at radius 3 is 2.82 bits per heavy atom. The highest BCUT2D eigenvalue weighted by Crippen LogP contribution is 2.22. The predicted molar refractivity (Wildman–Crippen MR) is 65.8 cm³/mol. The molecule has 2 rings (SSSR count). The fraction of sp³-hybridized carbons (Fsp3) is 0.583. The van der Waals surface area contributed by atoms with E-state index >= 15 is 0 Å². The first-order chi connectivity index (χ1) is 8.06. The Balaban J connectivity index is 1.88. The normalized spacial score (nSPS) is 15.9. The van der Waals surface area contributed by atoms with Crippen LogP contribution in [0.1, 0.15) is 19.7 Å². The fourth-order valence-electron chi connectivity index (χ4n) is 1.85. The van der Waals surface area contributed by atoms with Crippen LogP contribution in [0.25, 0.3) is 0 Å². The number of hydrogen-bond acceptors (Lipinski definition) is 4. The van der Waals surface area contributed by atoms with E-state index in [2.05, 4.69) is 20.2 Å². The fourth-order valence-corrected chi connectivity index (χ4v) is 1.85. The average Bonchev–Trinajstić information content (AvgIpc) is 2.13. The molecule has 0 aromatic carbocycles. The monoisotopic (exact) mass is 234 g/mol. The lowest BCUT2D eigenvalue weighted by Crippen LogP contribution is -2.55. The number of anilines is 1. The van der Waals surface area contributed by atoms with Gasteiger partial charge < -0.3 is 10.2 Å². The van der Waals surface area contributed by atoms with E-state index < -0.39 is 0 Å². The number of carbonyl (C=O) groups is 1. The summed E-state index contributed by atoms with van der Waals surface area (Å²) in [5.74, 6) is 1.90. The Labute approximate surface area is 101 Å². The maximum atomic E-state index is 11.7. The van der Waals surface area contributed by atoms with Crippen molar-refractivity contribution in [2.75, 3.05) is 18.0 Å². The molecule has 0 saturated carbocycles. The maximum absolute atomic E-state index is 11.7. The number of aryl methyl sites for hydroxylation is 1. The third-order valence-electron chi connectivity index (χ3n) is 2.77. The number of aromatic nitrogens is 2. The smallest absolute Gasteiger partial charge is 0.226 e. The zero-order valence-electron chi connectivity index (χ0n) is 10.5. The standard InChI is InChI=1S/C12H18N4O/c1-8(2)14-12(17)10-6-16(7-10)11-4-5-13-9(3)15-11/h4-5,8,10H,6-7H2,1-3H3,(H,14,17). The quantitative estimate of drug-likeness (QED) is 0.838. The van der Waals surface area contributed by atoms with E-state index in [4.69, 9.17) is 0 Å². The molecule has 0 bridgehead atoms. The number of nitrogens with one attached hydrogen (secondary N) is 1. The third kappa shape index (κ3) is 2.72. The van der Waals surface area contributed by atoms with E-state index in [-0.39, 0.29) is 17.9 Å². The minimum absolute atomic E-state index is 0.0904. The predicted octanol–water partition coefficient (Wildman–Crippen LogP) is 0.746. The second-order valence-corrected chi connectivity index (χ2v) is 4.73. The van der Waals surface area contributed by atoms with Gasteiger partial charge in [-0.3, -0.25) is 4.79 Å². The highest BCUT2D eigenvalue weighted by molar-refractivity contribution is 5.81. The molecular weight excluding hydrogens is 216 g/mol. The van der Waals surface area contributed by atoms with Crippen LogP contribution < -0.4 is 10.2 Å². The Bertz CT molecular complexity index is 413. The van der Waals surface area contributed by atoms with Crippen molar-refractivity contribution < 1.29 is 4.79 Å². The molecule has 1 aliphatic heterocycles. The molecule has 1 fully saturated rings. The van der Waals surface area contributed by atoms with Crippen LogP contribution in [-0.4, -0.2) is 35.0 Å². The van der Waals surface area contributed by atoms with E-state index in [1.54, 1.807) is 6.20 Å².